The molecule has 0 saturated carbocycles. The molecule has 26 heavy (non-hydrogen) atoms. The summed E-state index contributed by atoms with van der Waals surface area (Å²) in [4.78, 5) is 22.6. The molecule has 0 spiro atoms. The van der Waals surface area contributed by atoms with Gasteiger partial charge in [-0.2, -0.15) is 10.2 Å². The van der Waals surface area contributed by atoms with Gasteiger partial charge in [0.05, 0.1) is 30.2 Å². The second-order valence-corrected chi connectivity index (χ2v) is 4.91. The molecule has 0 saturated heterocycles. The van der Waals surface area contributed by atoms with E-state index in [-0.39, 0.29) is 47.3 Å². The number of phenolic OH excluding ortho intramolecular Hbond substituents is 2. The van der Waals surface area contributed by atoms with Gasteiger partial charge in [-0.3, -0.25) is 0 Å². The molecule has 10 heteroatoms. The SMILES string of the molecule is CCOC(=O)N/N=C(\C)c1ccc(O)c(/C(C)=N/NC(=O)OCC)c1O. The van der Waals surface area contributed by atoms with E-state index in [2.05, 4.69) is 30.5 Å². The molecule has 0 unspecified atom stereocenters. The first-order valence-electron chi connectivity index (χ1n) is 7.81. The Kier molecular flexibility index (Phi) is 7.87. The van der Waals surface area contributed by atoms with E-state index in [1.54, 1.807) is 20.8 Å². The van der Waals surface area contributed by atoms with E-state index in [9.17, 15) is 19.8 Å². The van der Waals surface area contributed by atoms with E-state index in [1.807, 2.05) is 0 Å². The number of carbonyl (C=O) groups is 2. The summed E-state index contributed by atoms with van der Waals surface area (Å²) in [5.74, 6) is -0.562. The summed E-state index contributed by atoms with van der Waals surface area (Å²) in [7, 11) is 0. The molecule has 1 aromatic carbocycles. The number of nitrogens with one attached hydrogen (secondary N) is 2. The van der Waals surface area contributed by atoms with Gasteiger partial charge in [0.2, 0.25) is 0 Å². The molecule has 0 aliphatic carbocycles. The van der Waals surface area contributed by atoms with Crippen LogP contribution in [0.15, 0.2) is 22.3 Å². The van der Waals surface area contributed by atoms with Crippen molar-refractivity contribution in [1.82, 2.24) is 10.9 Å². The van der Waals surface area contributed by atoms with Gasteiger partial charge in [0.15, 0.2) is 0 Å². The van der Waals surface area contributed by atoms with Gasteiger partial charge in [0.25, 0.3) is 0 Å². The summed E-state index contributed by atoms with van der Waals surface area (Å²) in [5, 5.41) is 28.0. The molecule has 0 fully saturated rings. The summed E-state index contributed by atoms with van der Waals surface area (Å²) in [6.07, 6.45) is -1.50. The Bertz CT molecular complexity index is 730. The number of benzene rings is 1. The largest absolute Gasteiger partial charge is 0.507 e. The maximum absolute atomic E-state index is 11.3. The highest BCUT2D eigenvalue weighted by Crippen LogP contribution is 2.31. The van der Waals surface area contributed by atoms with Crippen molar-refractivity contribution < 1.29 is 29.3 Å². The molecule has 2 amide bonds. The Hall–Kier alpha value is -3.30. The van der Waals surface area contributed by atoms with Gasteiger partial charge in [-0.25, -0.2) is 20.4 Å². The van der Waals surface area contributed by atoms with Crippen LogP contribution in [0.3, 0.4) is 0 Å². The number of carbonyl (C=O) groups excluding carboxylic acids is 2. The molecule has 10 nitrogen and oxygen atoms in total. The number of hydrazone groups is 2. The van der Waals surface area contributed by atoms with Crippen molar-refractivity contribution in [1.29, 1.82) is 0 Å². The number of hydrogen-bond donors (Lipinski definition) is 4. The molecule has 142 valence electrons. The van der Waals surface area contributed by atoms with Crippen molar-refractivity contribution in [2.75, 3.05) is 13.2 Å². The smallest absolute Gasteiger partial charge is 0.427 e. The van der Waals surface area contributed by atoms with Crippen LogP contribution in [0.5, 0.6) is 11.5 Å². The van der Waals surface area contributed by atoms with Gasteiger partial charge in [-0.1, -0.05) is 0 Å². The number of nitrogens with zero attached hydrogens (tertiary/aromatic N) is 2. The van der Waals surface area contributed by atoms with Crippen molar-refractivity contribution in [3.63, 3.8) is 0 Å². The highest BCUT2D eigenvalue weighted by atomic mass is 16.6. The van der Waals surface area contributed by atoms with Crippen LogP contribution in [-0.2, 0) is 9.47 Å². The van der Waals surface area contributed by atoms with Crippen molar-refractivity contribution in [3.8, 4) is 11.5 Å². The number of ether oxygens (including phenoxy) is 2. The van der Waals surface area contributed by atoms with E-state index < -0.39 is 12.2 Å². The summed E-state index contributed by atoms with van der Waals surface area (Å²) < 4.78 is 9.35. The van der Waals surface area contributed by atoms with Crippen molar-refractivity contribution in [3.05, 3.63) is 23.3 Å². The quantitative estimate of drug-likeness (QED) is 0.448. The van der Waals surface area contributed by atoms with Gasteiger partial charge in [-0.15, -0.1) is 0 Å². The second kappa shape index (κ2) is 9.87. The third-order valence-electron chi connectivity index (χ3n) is 3.09. The summed E-state index contributed by atoms with van der Waals surface area (Å²) in [6, 6.07) is 2.75. The number of phenols is 2. The maximum Gasteiger partial charge on any atom is 0.427 e. The minimum Gasteiger partial charge on any atom is -0.507 e. The predicted octanol–water partition coefficient (Wildman–Crippen LogP) is 2.04. The van der Waals surface area contributed by atoms with E-state index in [4.69, 9.17) is 0 Å². The number of amides is 2. The van der Waals surface area contributed by atoms with Crippen LogP contribution in [0.2, 0.25) is 0 Å². The number of rotatable bonds is 6. The molecule has 0 atom stereocenters. The topological polar surface area (TPSA) is 142 Å². The Morgan fingerprint density at radius 2 is 1.46 bits per heavy atom. The normalized spacial score (nSPS) is 11.7. The van der Waals surface area contributed by atoms with Gasteiger partial charge in [0.1, 0.15) is 11.5 Å². The highest BCUT2D eigenvalue weighted by Gasteiger charge is 2.17. The Labute approximate surface area is 150 Å². The molecule has 0 radical (unpaired) electrons. The van der Waals surface area contributed by atoms with Crippen LogP contribution in [0.1, 0.15) is 38.8 Å². The zero-order valence-corrected chi connectivity index (χ0v) is 15.0. The summed E-state index contributed by atoms with van der Waals surface area (Å²) in [5.41, 5.74) is 4.98. The average Bonchev–Trinajstić information content (AvgIpc) is 2.58. The van der Waals surface area contributed by atoms with Crippen LogP contribution in [0.25, 0.3) is 0 Å². The van der Waals surface area contributed by atoms with Crippen LogP contribution in [0.4, 0.5) is 9.59 Å². The van der Waals surface area contributed by atoms with Gasteiger partial charge in [-0.05, 0) is 39.8 Å². The Balaban J connectivity index is 3.11. The standard InChI is InChI=1S/C16H22N4O6/c1-5-25-15(23)19-17-9(3)11-7-8-12(21)13(14(11)22)10(4)18-20-16(24)26-6-2/h7-8,21-22H,5-6H2,1-4H3,(H,19,23)(H,20,24)/b17-9+,18-10+. The first kappa shape index (κ1) is 20.7. The minimum absolute atomic E-state index is 0.00461. The molecular weight excluding hydrogens is 344 g/mol. The Morgan fingerprint density at radius 1 is 0.962 bits per heavy atom. The third kappa shape index (κ3) is 5.65. The van der Waals surface area contributed by atoms with Crippen molar-refractivity contribution >= 4 is 23.6 Å². The first-order valence-corrected chi connectivity index (χ1v) is 7.81. The van der Waals surface area contributed by atoms with Gasteiger partial charge >= 0.3 is 12.2 Å². The lowest BCUT2D eigenvalue weighted by molar-refractivity contribution is 0.151. The number of hydrogen-bond acceptors (Lipinski definition) is 8. The molecule has 0 aromatic heterocycles. The van der Waals surface area contributed by atoms with Crippen molar-refractivity contribution in [2.45, 2.75) is 27.7 Å². The lowest BCUT2D eigenvalue weighted by Crippen LogP contribution is -2.21. The second-order valence-electron chi connectivity index (χ2n) is 4.91. The lowest BCUT2D eigenvalue weighted by atomic mass is 10.0. The molecule has 0 aliphatic heterocycles. The lowest BCUT2D eigenvalue weighted by Gasteiger charge is -2.12. The first-order chi connectivity index (χ1) is 12.3. The molecule has 4 N–H and O–H groups in total. The maximum atomic E-state index is 11.3. The zero-order valence-electron chi connectivity index (χ0n) is 15.0. The van der Waals surface area contributed by atoms with E-state index in [1.165, 1.54) is 19.1 Å². The van der Waals surface area contributed by atoms with Crippen LogP contribution < -0.4 is 10.9 Å². The van der Waals surface area contributed by atoms with E-state index in [0.29, 0.717) is 0 Å². The fourth-order valence-electron chi connectivity index (χ4n) is 1.93. The van der Waals surface area contributed by atoms with Crippen LogP contribution in [0, 0.1) is 0 Å². The Morgan fingerprint density at radius 3 is 1.96 bits per heavy atom. The highest BCUT2D eigenvalue weighted by molar-refractivity contribution is 6.09. The van der Waals surface area contributed by atoms with Crippen molar-refractivity contribution in [2.24, 2.45) is 10.2 Å². The van der Waals surface area contributed by atoms with Crippen LogP contribution >= 0.6 is 0 Å². The fourth-order valence-corrected chi connectivity index (χ4v) is 1.93. The van der Waals surface area contributed by atoms with Gasteiger partial charge < -0.3 is 19.7 Å². The molecule has 0 aliphatic rings. The predicted molar refractivity (Wildman–Crippen MR) is 94.5 cm³/mol. The monoisotopic (exact) mass is 366 g/mol. The fraction of sp³-hybridized carbons (Fsp3) is 0.375. The van der Waals surface area contributed by atoms with Gasteiger partial charge in [0, 0.05) is 5.56 Å². The molecular formula is C16H22N4O6. The molecule has 0 bridgehead atoms. The average molecular weight is 366 g/mol. The molecule has 0 heterocycles. The van der Waals surface area contributed by atoms with E-state index in [0.717, 1.165) is 0 Å². The summed E-state index contributed by atoms with van der Waals surface area (Å²) >= 11 is 0. The summed E-state index contributed by atoms with van der Waals surface area (Å²) in [6.45, 7) is 6.69. The third-order valence-corrected chi connectivity index (χ3v) is 3.09. The molecule has 1 aromatic rings. The van der Waals surface area contributed by atoms with Crippen LogP contribution in [-0.4, -0.2) is 47.0 Å². The molecule has 1 rings (SSSR count). The minimum atomic E-state index is -0.765. The number of aromatic hydroxyl groups is 2. The zero-order chi connectivity index (χ0) is 19.7. The van der Waals surface area contributed by atoms with E-state index >= 15 is 0 Å².